The van der Waals surface area contributed by atoms with Crippen molar-refractivity contribution < 1.29 is 0 Å². The predicted octanol–water partition coefficient (Wildman–Crippen LogP) is 2.28. The lowest BCUT2D eigenvalue weighted by atomic mass is 10.2. The molecule has 2 atom stereocenters. The van der Waals surface area contributed by atoms with Gasteiger partial charge in [0.2, 0.25) is 0 Å². The second kappa shape index (κ2) is 2.65. The summed E-state index contributed by atoms with van der Waals surface area (Å²) in [5.41, 5.74) is 1.25. The zero-order valence-electron chi connectivity index (χ0n) is 6.83. The lowest BCUT2D eigenvalue weighted by molar-refractivity contribution is 0.731. The van der Waals surface area contributed by atoms with E-state index in [4.69, 9.17) is 0 Å². The van der Waals surface area contributed by atoms with Crippen LogP contribution in [0.15, 0.2) is 24.4 Å². The first-order valence-corrected chi connectivity index (χ1v) is 4.26. The normalized spacial score (nSPS) is 28.5. The zero-order valence-corrected chi connectivity index (χ0v) is 6.83. The summed E-state index contributed by atoms with van der Waals surface area (Å²) in [5, 5.41) is 0. The number of aromatic nitrogens is 1. The molecule has 0 radical (unpaired) electrons. The monoisotopic (exact) mass is 147 g/mol. The van der Waals surface area contributed by atoms with E-state index >= 15 is 0 Å². The first kappa shape index (κ1) is 6.84. The fraction of sp³-hybridized carbons (Fsp3) is 0.500. The number of hydrogen-bond acceptors (Lipinski definition) is 1. The fourth-order valence-electron chi connectivity index (χ4n) is 1.47. The minimum Gasteiger partial charge on any atom is -0.261 e. The van der Waals surface area contributed by atoms with Crippen LogP contribution in [-0.4, -0.2) is 4.98 Å². The van der Waals surface area contributed by atoms with E-state index < -0.39 is 0 Å². The Kier molecular flexibility index (Phi) is 1.65. The van der Waals surface area contributed by atoms with Crippen molar-refractivity contribution in [3.63, 3.8) is 0 Å². The summed E-state index contributed by atoms with van der Waals surface area (Å²) in [6.45, 7) is 2.31. The second-order valence-electron chi connectivity index (χ2n) is 3.50. The Bertz CT molecular complexity index is 230. The Morgan fingerprint density at radius 2 is 2.36 bits per heavy atom. The molecule has 1 nitrogen and oxygen atoms in total. The summed E-state index contributed by atoms with van der Waals surface area (Å²) in [7, 11) is 0. The SMILES string of the molecule is CC1CC1Cc1ccccn1. The van der Waals surface area contributed by atoms with Gasteiger partial charge in [0, 0.05) is 11.9 Å². The van der Waals surface area contributed by atoms with Crippen molar-refractivity contribution in [1.82, 2.24) is 4.98 Å². The minimum atomic E-state index is 0.921. The first-order chi connectivity index (χ1) is 5.36. The summed E-state index contributed by atoms with van der Waals surface area (Å²) < 4.78 is 0. The number of hydrogen-bond donors (Lipinski definition) is 0. The molecule has 0 saturated heterocycles. The molecule has 1 heteroatoms. The van der Waals surface area contributed by atoms with Crippen molar-refractivity contribution in [3.8, 4) is 0 Å². The molecule has 0 spiro atoms. The second-order valence-corrected chi connectivity index (χ2v) is 3.50. The lowest BCUT2D eigenvalue weighted by Crippen LogP contribution is -1.90. The molecule has 0 aromatic carbocycles. The van der Waals surface area contributed by atoms with Crippen LogP contribution in [0, 0.1) is 11.8 Å². The van der Waals surface area contributed by atoms with Crippen molar-refractivity contribution in [2.75, 3.05) is 0 Å². The number of nitrogens with zero attached hydrogens (tertiary/aromatic N) is 1. The molecular weight excluding hydrogens is 134 g/mol. The summed E-state index contributed by atoms with van der Waals surface area (Å²) in [5.74, 6) is 1.86. The summed E-state index contributed by atoms with van der Waals surface area (Å²) in [4.78, 5) is 4.29. The molecular formula is C10H13N. The quantitative estimate of drug-likeness (QED) is 0.625. The first-order valence-electron chi connectivity index (χ1n) is 4.26. The highest BCUT2D eigenvalue weighted by atomic mass is 14.7. The summed E-state index contributed by atoms with van der Waals surface area (Å²) in [6, 6.07) is 6.15. The molecule has 1 saturated carbocycles. The molecule has 2 unspecified atom stereocenters. The maximum absolute atomic E-state index is 4.29. The van der Waals surface area contributed by atoms with Gasteiger partial charge >= 0.3 is 0 Å². The highest BCUT2D eigenvalue weighted by Crippen LogP contribution is 2.39. The molecule has 1 aromatic heterocycles. The average molecular weight is 147 g/mol. The molecule has 1 aliphatic carbocycles. The van der Waals surface area contributed by atoms with Gasteiger partial charge < -0.3 is 0 Å². The molecule has 1 aromatic rings. The fourth-order valence-corrected chi connectivity index (χ4v) is 1.47. The highest BCUT2D eigenvalue weighted by molar-refractivity contribution is 5.06. The molecule has 2 rings (SSSR count). The molecule has 11 heavy (non-hydrogen) atoms. The van der Waals surface area contributed by atoms with Gasteiger partial charge in [-0.2, -0.15) is 0 Å². The third-order valence-corrected chi connectivity index (χ3v) is 2.47. The molecule has 0 N–H and O–H groups in total. The summed E-state index contributed by atoms with van der Waals surface area (Å²) >= 11 is 0. The van der Waals surface area contributed by atoms with Gasteiger partial charge in [-0.25, -0.2) is 0 Å². The summed E-state index contributed by atoms with van der Waals surface area (Å²) in [6.07, 6.45) is 4.46. The van der Waals surface area contributed by atoms with Crippen molar-refractivity contribution in [3.05, 3.63) is 30.1 Å². The molecule has 1 aliphatic rings. The average Bonchev–Trinajstić information content (AvgIpc) is 2.69. The maximum Gasteiger partial charge on any atom is 0.0406 e. The smallest absolute Gasteiger partial charge is 0.0406 e. The van der Waals surface area contributed by atoms with Gasteiger partial charge in [-0.05, 0) is 36.8 Å². The molecule has 58 valence electrons. The van der Waals surface area contributed by atoms with Crippen molar-refractivity contribution in [2.45, 2.75) is 19.8 Å². The topological polar surface area (TPSA) is 12.9 Å². The van der Waals surface area contributed by atoms with Crippen LogP contribution in [0.3, 0.4) is 0 Å². The van der Waals surface area contributed by atoms with Crippen LogP contribution in [-0.2, 0) is 6.42 Å². The van der Waals surface area contributed by atoms with Crippen molar-refractivity contribution in [2.24, 2.45) is 11.8 Å². The number of pyridine rings is 1. The maximum atomic E-state index is 4.29. The van der Waals surface area contributed by atoms with E-state index in [1.807, 2.05) is 12.3 Å². The minimum absolute atomic E-state index is 0.921. The molecule has 0 bridgehead atoms. The van der Waals surface area contributed by atoms with E-state index in [1.165, 1.54) is 18.5 Å². The Hall–Kier alpha value is -0.850. The Morgan fingerprint density at radius 1 is 1.55 bits per heavy atom. The van der Waals surface area contributed by atoms with Crippen LogP contribution in [0.5, 0.6) is 0 Å². The van der Waals surface area contributed by atoms with E-state index in [-0.39, 0.29) is 0 Å². The Labute approximate surface area is 67.5 Å². The van der Waals surface area contributed by atoms with Crippen molar-refractivity contribution >= 4 is 0 Å². The van der Waals surface area contributed by atoms with Gasteiger partial charge in [-0.1, -0.05) is 13.0 Å². The Balaban J connectivity index is 1.97. The molecule has 0 amide bonds. The Morgan fingerprint density at radius 3 is 2.91 bits per heavy atom. The van der Waals surface area contributed by atoms with Gasteiger partial charge in [0.15, 0.2) is 0 Å². The van der Waals surface area contributed by atoms with E-state index in [0.29, 0.717) is 0 Å². The van der Waals surface area contributed by atoms with Crippen LogP contribution in [0.2, 0.25) is 0 Å². The van der Waals surface area contributed by atoms with Crippen LogP contribution in [0.1, 0.15) is 19.0 Å². The van der Waals surface area contributed by atoms with E-state index in [9.17, 15) is 0 Å². The standard InChI is InChI=1S/C10H13N/c1-8-6-9(8)7-10-4-2-3-5-11-10/h2-5,8-9H,6-7H2,1H3. The van der Waals surface area contributed by atoms with E-state index in [2.05, 4.69) is 24.0 Å². The third kappa shape index (κ3) is 1.59. The van der Waals surface area contributed by atoms with Gasteiger partial charge in [-0.3, -0.25) is 4.98 Å². The van der Waals surface area contributed by atoms with Crippen LogP contribution in [0.25, 0.3) is 0 Å². The molecule has 1 fully saturated rings. The van der Waals surface area contributed by atoms with Crippen LogP contribution < -0.4 is 0 Å². The van der Waals surface area contributed by atoms with Crippen molar-refractivity contribution in [1.29, 1.82) is 0 Å². The van der Waals surface area contributed by atoms with Crippen LogP contribution >= 0.6 is 0 Å². The van der Waals surface area contributed by atoms with Crippen LogP contribution in [0.4, 0.5) is 0 Å². The molecule has 0 aliphatic heterocycles. The van der Waals surface area contributed by atoms with E-state index in [1.54, 1.807) is 0 Å². The third-order valence-electron chi connectivity index (χ3n) is 2.47. The predicted molar refractivity (Wildman–Crippen MR) is 45.2 cm³/mol. The van der Waals surface area contributed by atoms with Gasteiger partial charge in [0.05, 0.1) is 0 Å². The van der Waals surface area contributed by atoms with Gasteiger partial charge in [0.1, 0.15) is 0 Å². The number of rotatable bonds is 2. The zero-order chi connectivity index (χ0) is 7.68. The van der Waals surface area contributed by atoms with Gasteiger partial charge in [0.25, 0.3) is 0 Å². The highest BCUT2D eigenvalue weighted by Gasteiger charge is 2.32. The van der Waals surface area contributed by atoms with E-state index in [0.717, 1.165) is 11.8 Å². The largest absolute Gasteiger partial charge is 0.261 e. The van der Waals surface area contributed by atoms with Gasteiger partial charge in [-0.15, -0.1) is 0 Å². The lowest BCUT2D eigenvalue weighted by Gasteiger charge is -1.95. The molecule has 1 heterocycles.